The van der Waals surface area contributed by atoms with Crippen molar-refractivity contribution in [2.24, 2.45) is 41.4 Å². The number of hydrogen-bond acceptors (Lipinski definition) is 11. The molecular weight excluding hydrogens is 1340 g/mol. The topological polar surface area (TPSA) is 250 Å². The van der Waals surface area contributed by atoms with E-state index in [9.17, 15) is 64.7 Å². The number of nitrogens with zero attached hydrogens (tertiary/aromatic N) is 8. The van der Waals surface area contributed by atoms with E-state index in [2.05, 4.69) is 16.0 Å². The van der Waals surface area contributed by atoms with E-state index in [-0.39, 0.29) is 63.7 Å². The number of hydrogen-bond donors (Lipinski definition) is 3. The molecule has 0 radical (unpaired) electrons. The Hall–Kier alpha value is -6.53. The van der Waals surface area contributed by atoms with Gasteiger partial charge in [0.2, 0.25) is 65.0 Å². The maximum Gasteiger partial charge on any atom is 0.397 e. The van der Waals surface area contributed by atoms with Crippen molar-refractivity contribution in [3.8, 4) is 0 Å². The lowest BCUT2D eigenvalue weighted by atomic mass is 9.76. The van der Waals surface area contributed by atoms with Gasteiger partial charge in [-0.15, -0.1) is 0 Å². The summed E-state index contributed by atoms with van der Waals surface area (Å²) in [5.41, 5.74) is -1.84. The van der Waals surface area contributed by atoms with Crippen molar-refractivity contribution < 1.29 is 96.6 Å². The molecule has 100 heavy (non-hydrogen) atoms. The summed E-state index contributed by atoms with van der Waals surface area (Å²) in [5.74, 6) is -21.1. The Morgan fingerprint density at radius 1 is 0.580 bits per heavy atom. The van der Waals surface area contributed by atoms with E-state index in [0.717, 1.165) is 26.6 Å². The first kappa shape index (κ1) is 82.4. The number of fused-ring (bicyclic) bond motifs is 1. The first-order valence-corrected chi connectivity index (χ1v) is 35.2. The molecule has 6 fully saturated rings. The Bertz CT molecular complexity index is 2910. The maximum absolute atomic E-state index is 16.0. The van der Waals surface area contributed by atoms with Crippen LogP contribution in [-0.2, 0) is 52.7 Å². The SMILES string of the molecule is CC[C@H](C)[C@@H]1NC(=O)[C@H](CC(C)C)N(C)C(=O)C[C@@H](C)N(C)C(=O)[C@H](C2CCCC2)N(C)C(=O)C2(CCCC2)NC(=O)[C@@H]2CC(F)(F)CN2C(=O)[C@H](CCC2CC(F)C(C(F)(F)F)C(F)C2)NC(=O)CN(C)C(=O)[C@H](CC2CCC(C(F)(F)F)CC2)N(C)C(=O)CN(C)C(=O)CN(C)C1=O. The molecule has 0 aromatic carbocycles. The zero-order valence-electron chi connectivity index (χ0n) is 59.8. The largest absolute Gasteiger partial charge is 0.397 e. The molecule has 2 aliphatic heterocycles. The van der Waals surface area contributed by atoms with Gasteiger partial charge in [0.15, 0.2) is 0 Å². The number of carbonyl (C=O) groups excluding carboxylic acids is 11. The Balaban J connectivity index is 1.41. The second-order valence-electron chi connectivity index (χ2n) is 30.0. The van der Waals surface area contributed by atoms with E-state index < -0.39 is 237 Å². The quantitative estimate of drug-likeness (QED) is 0.192. The van der Waals surface area contributed by atoms with Crippen molar-refractivity contribution in [3.63, 3.8) is 0 Å². The smallest absolute Gasteiger partial charge is 0.343 e. The molecule has 10 atom stereocenters. The van der Waals surface area contributed by atoms with Crippen molar-refractivity contribution in [2.75, 3.05) is 75.5 Å². The minimum absolute atomic E-state index is 0.0416. The molecule has 6 aliphatic rings. The van der Waals surface area contributed by atoms with E-state index >= 15 is 31.9 Å². The summed E-state index contributed by atoms with van der Waals surface area (Å²) >= 11 is 0. The molecule has 22 nitrogen and oxygen atoms in total. The lowest BCUT2D eigenvalue weighted by molar-refractivity contribution is -0.219. The molecule has 0 bridgehead atoms. The Labute approximate surface area is 579 Å². The minimum Gasteiger partial charge on any atom is -0.343 e. The Morgan fingerprint density at radius 3 is 1.69 bits per heavy atom. The highest BCUT2D eigenvalue weighted by molar-refractivity contribution is 5.99. The van der Waals surface area contributed by atoms with Gasteiger partial charge in [-0.3, -0.25) is 52.7 Å². The van der Waals surface area contributed by atoms with Gasteiger partial charge < -0.3 is 55.1 Å². The van der Waals surface area contributed by atoms with Crippen LogP contribution in [0, 0.1) is 41.4 Å². The van der Waals surface area contributed by atoms with Crippen molar-refractivity contribution in [3.05, 3.63) is 0 Å². The van der Waals surface area contributed by atoms with Gasteiger partial charge in [0.1, 0.15) is 60.1 Å². The normalized spacial score (nSPS) is 31.9. The lowest BCUT2D eigenvalue weighted by Crippen LogP contribution is -2.64. The Kier molecular flexibility index (Phi) is 28.2. The van der Waals surface area contributed by atoms with Crippen LogP contribution >= 0.6 is 0 Å². The van der Waals surface area contributed by atoms with Crippen LogP contribution in [-0.4, -0.2) is 258 Å². The number of nitrogens with one attached hydrogen (secondary N) is 3. The van der Waals surface area contributed by atoms with Crippen molar-refractivity contribution >= 4 is 65.0 Å². The summed E-state index contributed by atoms with van der Waals surface area (Å²) in [4.78, 5) is 169. The third-order valence-corrected chi connectivity index (χ3v) is 22.1. The fourth-order valence-electron chi connectivity index (χ4n) is 15.6. The molecule has 4 aliphatic carbocycles. The van der Waals surface area contributed by atoms with Gasteiger partial charge in [-0.05, 0) is 126 Å². The second kappa shape index (κ2) is 34.2. The summed E-state index contributed by atoms with van der Waals surface area (Å²) < 4.78 is 146. The van der Waals surface area contributed by atoms with Gasteiger partial charge in [0.05, 0.1) is 32.1 Å². The van der Waals surface area contributed by atoms with E-state index in [1.165, 1.54) is 57.0 Å². The third kappa shape index (κ3) is 20.4. The van der Waals surface area contributed by atoms with Crippen LogP contribution in [0.5, 0.6) is 0 Å². The molecule has 568 valence electrons. The van der Waals surface area contributed by atoms with Gasteiger partial charge in [0, 0.05) is 68.2 Å². The zero-order valence-corrected chi connectivity index (χ0v) is 59.8. The summed E-state index contributed by atoms with van der Waals surface area (Å²) in [7, 11) is 9.09. The van der Waals surface area contributed by atoms with Gasteiger partial charge >= 0.3 is 12.4 Å². The number of amides is 11. The molecule has 6 rings (SSSR count). The molecule has 11 amide bonds. The molecule has 2 unspecified atom stereocenters. The fraction of sp³-hybridized carbons (Fsp3) is 0.838. The number of carbonyl (C=O) groups is 11. The predicted molar refractivity (Wildman–Crippen MR) is 346 cm³/mol. The van der Waals surface area contributed by atoms with Crippen LogP contribution in [0.15, 0.2) is 0 Å². The standard InChI is InChI=1S/C68H105F10N11O11/c1-13-39(4)56-62(98)84(8)35-53(92)82(6)36-54(93)87(11)49(32-41-20-23-44(24-21-41)67(73,74)75)61(97)83(7)34-51(90)79-47(25-22-42-30-45(69)55(46(70)31-42)68(76,77)78)60(96)89-37-66(71,72)33-50(89)59(95)81-65(26-16-17-27-65)64(100)88(12)57(43-18-14-15-19-43)63(99)85(9)40(5)29-52(91)86(10)48(28-38(2)3)58(94)80-56/h38-50,55-57H,13-37H2,1-12H3,(H,79,90)(H,80,94)(H,81,95)/t39-,40+,41?,42?,44?,45?,46?,47-,48-,49-,50-,55?,56-,57-/m0/s1. The summed E-state index contributed by atoms with van der Waals surface area (Å²) in [5, 5.41) is 7.90. The maximum atomic E-state index is 16.0. The first-order valence-electron chi connectivity index (χ1n) is 35.2. The Morgan fingerprint density at radius 2 is 1.14 bits per heavy atom. The second-order valence-corrected chi connectivity index (χ2v) is 30.0. The number of alkyl halides is 10. The molecule has 2 saturated heterocycles. The van der Waals surface area contributed by atoms with E-state index in [1.807, 2.05) is 13.8 Å². The highest BCUT2D eigenvalue weighted by Crippen LogP contribution is 2.46. The number of rotatable bonds is 10. The average molecular weight is 1440 g/mol. The molecule has 32 heteroatoms. The van der Waals surface area contributed by atoms with Crippen molar-refractivity contribution in [1.82, 2.24) is 55.1 Å². The van der Waals surface area contributed by atoms with Crippen LogP contribution in [0.4, 0.5) is 43.9 Å². The van der Waals surface area contributed by atoms with Crippen molar-refractivity contribution in [2.45, 2.75) is 248 Å². The van der Waals surface area contributed by atoms with Crippen LogP contribution in [0.3, 0.4) is 0 Å². The van der Waals surface area contributed by atoms with E-state index in [0.29, 0.717) is 49.8 Å². The van der Waals surface area contributed by atoms with E-state index in [4.69, 9.17) is 0 Å². The van der Waals surface area contributed by atoms with Crippen LogP contribution < -0.4 is 16.0 Å². The predicted octanol–water partition coefficient (Wildman–Crippen LogP) is 6.81. The highest BCUT2D eigenvalue weighted by Gasteiger charge is 2.57. The lowest BCUT2D eigenvalue weighted by Gasteiger charge is -2.41. The molecule has 0 aromatic heterocycles. The highest BCUT2D eigenvalue weighted by atomic mass is 19.4. The molecule has 2 heterocycles. The summed E-state index contributed by atoms with van der Waals surface area (Å²) in [6.45, 7) is 4.92. The van der Waals surface area contributed by atoms with Crippen LogP contribution in [0.1, 0.15) is 169 Å². The summed E-state index contributed by atoms with van der Waals surface area (Å²) in [6.07, 6.45) is -17.2. The van der Waals surface area contributed by atoms with Gasteiger partial charge in [0.25, 0.3) is 5.92 Å². The van der Waals surface area contributed by atoms with Crippen LogP contribution in [0.2, 0.25) is 0 Å². The van der Waals surface area contributed by atoms with Crippen LogP contribution in [0.25, 0.3) is 0 Å². The molecule has 4 saturated carbocycles. The average Bonchev–Trinajstić information content (AvgIpc) is 1.56. The molecule has 0 aromatic rings. The molecule has 3 N–H and O–H groups in total. The number of halogens is 10. The molecule has 1 spiro atoms. The minimum atomic E-state index is -5.26. The van der Waals surface area contributed by atoms with Crippen molar-refractivity contribution in [1.29, 1.82) is 0 Å². The van der Waals surface area contributed by atoms with Gasteiger partial charge in [-0.2, -0.15) is 26.3 Å². The van der Waals surface area contributed by atoms with E-state index in [1.54, 1.807) is 20.8 Å². The monoisotopic (exact) mass is 1440 g/mol. The first-order chi connectivity index (χ1) is 46.4. The van der Waals surface area contributed by atoms with Gasteiger partial charge in [-0.1, -0.05) is 59.8 Å². The summed E-state index contributed by atoms with van der Waals surface area (Å²) in [6, 6.07) is -10.1. The zero-order chi connectivity index (χ0) is 75.0. The molecular formula is C68H105F10N11O11. The fourth-order valence-corrected chi connectivity index (χ4v) is 15.6. The number of likely N-dealkylation sites (N-methyl/N-ethyl adjacent to an activating group) is 7. The third-order valence-electron chi connectivity index (χ3n) is 22.1. The van der Waals surface area contributed by atoms with Gasteiger partial charge in [-0.25, -0.2) is 17.6 Å².